The molecular weight excluding hydrogens is 416 g/mol. The highest BCUT2D eigenvalue weighted by Crippen LogP contribution is 2.30. The molecule has 0 unspecified atom stereocenters. The van der Waals surface area contributed by atoms with Crippen LogP contribution in [0, 0.1) is 6.92 Å². The van der Waals surface area contributed by atoms with Crippen LogP contribution >= 0.6 is 11.3 Å². The number of fused-ring (bicyclic) bond motifs is 1. The smallest absolute Gasteiger partial charge is 0.330 e. The zero-order valence-corrected chi connectivity index (χ0v) is 19.3. The number of rotatable bonds is 9. The number of carbonyl (C=O) groups is 1. The van der Waals surface area contributed by atoms with E-state index in [4.69, 9.17) is 5.73 Å². The number of anilines is 2. The Hall–Kier alpha value is -2.88. The van der Waals surface area contributed by atoms with Crippen LogP contribution in [0.5, 0.6) is 0 Å². The summed E-state index contributed by atoms with van der Waals surface area (Å²) >= 11 is 1.34. The quantitative estimate of drug-likeness (QED) is 0.490. The number of aromatic amines is 1. The Labute approximate surface area is 184 Å². The number of unbranched alkanes of at least 4 members (excludes halogenated alkanes) is 3. The lowest BCUT2D eigenvalue weighted by Crippen LogP contribution is -2.41. The molecule has 1 amide bonds. The number of aryl methyl sites for hydroxylation is 2. The summed E-state index contributed by atoms with van der Waals surface area (Å²) in [5, 5.41) is 5.30. The predicted molar refractivity (Wildman–Crippen MR) is 125 cm³/mol. The molecule has 3 heterocycles. The Morgan fingerprint density at radius 1 is 1.23 bits per heavy atom. The molecule has 0 radical (unpaired) electrons. The zero-order valence-electron chi connectivity index (χ0n) is 18.5. The lowest BCUT2D eigenvalue weighted by atomic mass is 10.2. The second-order valence-electron chi connectivity index (χ2n) is 7.70. The number of H-pyrrole nitrogens is 1. The molecule has 168 valence electrons. The van der Waals surface area contributed by atoms with Crippen LogP contribution in [0.25, 0.3) is 10.2 Å². The van der Waals surface area contributed by atoms with Gasteiger partial charge in [0.2, 0.25) is 0 Å². The SMILES string of the molecule is CCCCCN(C(=O)c1cc2c(C)nn(C)c2s1)c1c(N)n(CCCC)c(=O)[nH]c1=O. The normalized spacial score (nSPS) is 11.4. The third-order valence-electron chi connectivity index (χ3n) is 5.36. The van der Waals surface area contributed by atoms with E-state index in [-0.39, 0.29) is 17.4 Å². The minimum Gasteiger partial charge on any atom is -0.383 e. The van der Waals surface area contributed by atoms with Crippen molar-refractivity contribution in [3.63, 3.8) is 0 Å². The molecule has 0 fully saturated rings. The largest absolute Gasteiger partial charge is 0.383 e. The summed E-state index contributed by atoms with van der Waals surface area (Å²) in [5.74, 6) is -0.263. The van der Waals surface area contributed by atoms with Crippen LogP contribution in [-0.2, 0) is 13.6 Å². The van der Waals surface area contributed by atoms with Gasteiger partial charge in [-0.3, -0.25) is 28.7 Å². The van der Waals surface area contributed by atoms with Gasteiger partial charge in [-0.25, -0.2) is 4.79 Å². The maximum absolute atomic E-state index is 13.6. The highest BCUT2D eigenvalue weighted by molar-refractivity contribution is 7.20. The van der Waals surface area contributed by atoms with Crippen molar-refractivity contribution in [2.75, 3.05) is 17.2 Å². The molecule has 0 aliphatic heterocycles. The van der Waals surface area contributed by atoms with Crippen molar-refractivity contribution in [3.05, 3.63) is 37.5 Å². The molecule has 0 aliphatic rings. The van der Waals surface area contributed by atoms with Gasteiger partial charge in [0.15, 0.2) is 5.69 Å². The van der Waals surface area contributed by atoms with Crippen molar-refractivity contribution in [3.8, 4) is 0 Å². The molecule has 0 saturated heterocycles. The van der Waals surface area contributed by atoms with E-state index in [0.29, 0.717) is 18.0 Å². The number of hydrogen-bond acceptors (Lipinski definition) is 6. The monoisotopic (exact) mass is 446 g/mol. The van der Waals surface area contributed by atoms with Crippen molar-refractivity contribution in [2.45, 2.75) is 59.4 Å². The standard InChI is InChI=1S/C21H30N6O3S/c1-5-7-9-11-26(16-17(22)27(10-8-6-2)21(30)23-18(16)28)19(29)15-12-14-13(3)24-25(4)20(14)31-15/h12H,5-11,22H2,1-4H3,(H,23,28,30). The number of amides is 1. The first kappa shape index (κ1) is 22.8. The third-order valence-corrected chi connectivity index (χ3v) is 6.55. The van der Waals surface area contributed by atoms with Crippen molar-refractivity contribution in [1.29, 1.82) is 0 Å². The minimum absolute atomic E-state index is 0.0333. The van der Waals surface area contributed by atoms with E-state index in [1.54, 1.807) is 4.68 Å². The molecule has 0 aliphatic carbocycles. The Bertz CT molecular complexity index is 1170. The maximum Gasteiger partial charge on any atom is 0.330 e. The first-order chi connectivity index (χ1) is 14.8. The second-order valence-corrected chi connectivity index (χ2v) is 8.73. The molecule has 31 heavy (non-hydrogen) atoms. The summed E-state index contributed by atoms with van der Waals surface area (Å²) in [5.41, 5.74) is 5.99. The fourth-order valence-corrected chi connectivity index (χ4v) is 4.73. The van der Waals surface area contributed by atoms with E-state index >= 15 is 0 Å². The van der Waals surface area contributed by atoms with Gasteiger partial charge in [0.05, 0.1) is 10.6 Å². The number of nitrogens with zero attached hydrogens (tertiary/aromatic N) is 4. The predicted octanol–water partition coefficient (Wildman–Crippen LogP) is 3.01. The van der Waals surface area contributed by atoms with E-state index in [2.05, 4.69) is 17.0 Å². The second kappa shape index (κ2) is 9.51. The van der Waals surface area contributed by atoms with Crippen LogP contribution in [0.1, 0.15) is 61.3 Å². The average Bonchev–Trinajstić information content (AvgIpc) is 3.27. The lowest BCUT2D eigenvalue weighted by Gasteiger charge is -2.24. The molecule has 3 N–H and O–H groups in total. The zero-order chi connectivity index (χ0) is 22.7. The fourth-order valence-electron chi connectivity index (χ4n) is 3.65. The van der Waals surface area contributed by atoms with Crippen molar-refractivity contribution in [1.82, 2.24) is 19.3 Å². The van der Waals surface area contributed by atoms with Gasteiger partial charge >= 0.3 is 5.69 Å². The van der Waals surface area contributed by atoms with Crippen molar-refractivity contribution >= 4 is 39.0 Å². The van der Waals surface area contributed by atoms with E-state index in [9.17, 15) is 14.4 Å². The first-order valence-electron chi connectivity index (χ1n) is 10.7. The lowest BCUT2D eigenvalue weighted by molar-refractivity contribution is 0.0990. The van der Waals surface area contributed by atoms with Gasteiger partial charge in [0.1, 0.15) is 10.6 Å². The highest BCUT2D eigenvalue weighted by atomic mass is 32.1. The van der Waals surface area contributed by atoms with Crippen LogP contribution in [0.2, 0.25) is 0 Å². The molecular formula is C21H30N6O3S. The Kier molecular flexibility index (Phi) is 6.99. The summed E-state index contributed by atoms with van der Waals surface area (Å²) in [4.78, 5) is 43.8. The van der Waals surface area contributed by atoms with Gasteiger partial charge in [-0.1, -0.05) is 33.1 Å². The molecule has 0 aromatic carbocycles. The molecule has 10 heteroatoms. The Morgan fingerprint density at radius 3 is 2.58 bits per heavy atom. The number of aromatic nitrogens is 4. The van der Waals surface area contributed by atoms with Crippen LogP contribution in [0.4, 0.5) is 11.5 Å². The van der Waals surface area contributed by atoms with E-state index in [1.807, 2.05) is 27.0 Å². The summed E-state index contributed by atoms with van der Waals surface area (Å²) in [6.07, 6.45) is 4.21. The minimum atomic E-state index is -0.640. The van der Waals surface area contributed by atoms with Crippen LogP contribution in [0.15, 0.2) is 15.7 Å². The van der Waals surface area contributed by atoms with E-state index < -0.39 is 11.2 Å². The number of nitrogens with two attached hydrogens (primary N) is 1. The number of carbonyl (C=O) groups excluding carboxylic acids is 1. The number of nitrogens with one attached hydrogen (secondary N) is 1. The molecule has 9 nitrogen and oxygen atoms in total. The number of thiophene rings is 1. The Balaban J connectivity index is 2.10. The van der Waals surface area contributed by atoms with Gasteiger partial charge < -0.3 is 5.73 Å². The van der Waals surface area contributed by atoms with Gasteiger partial charge in [0, 0.05) is 25.5 Å². The summed E-state index contributed by atoms with van der Waals surface area (Å²) in [6, 6.07) is 1.81. The third kappa shape index (κ3) is 4.43. The fraction of sp³-hybridized carbons (Fsp3) is 0.524. The van der Waals surface area contributed by atoms with Crippen LogP contribution in [0.3, 0.4) is 0 Å². The molecule has 3 aromatic heterocycles. The maximum atomic E-state index is 13.6. The van der Waals surface area contributed by atoms with Crippen molar-refractivity contribution < 1.29 is 4.79 Å². The molecule has 0 atom stereocenters. The summed E-state index contributed by atoms with van der Waals surface area (Å²) in [7, 11) is 1.84. The van der Waals surface area contributed by atoms with Gasteiger partial charge in [-0.05, 0) is 25.8 Å². The van der Waals surface area contributed by atoms with Crippen LogP contribution < -0.4 is 21.9 Å². The van der Waals surface area contributed by atoms with E-state index in [1.165, 1.54) is 20.8 Å². The summed E-state index contributed by atoms with van der Waals surface area (Å²) < 4.78 is 3.10. The molecule has 0 saturated carbocycles. The van der Waals surface area contributed by atoms with Gasteiger partial charge in [0.25, 0.3) is 11.5 Å². The Morgan fingerprint density at radius 2 is 1.94 bits per heavy atom. The molecule has 3 rings (SSSR count). The molecule has 0 spiro atoms. The van der Waals surface area contributed by atoms with Gasteiger partial charge in [-0.15, -0.1) is 11.3 Å². The number of hydrogen-bond donors (Lipinski definition) is 2. The van der Waals surface area contributed by atoms with Gasteiger partial charge in [-0.2, -0.15) is 5.10 Å². The topological polar surface area (TPSA) is 119 Å². The van der Waals surface area contributed by atoms with Crippen molar-refractivity contribution in [2.24, 2.45) is 7.05 Å². The number of nitrogen functional groups attached to an aromatic ring is 1. The van der Waals surface area contributed by atoms with E-state index in [0.717, 1.165) is 48.0 Å². The average molecular weight is 447 g/mol. The summed E-state index contributed by atoms with van der Waals surface area (Å²) in [6.45, 7) is 6.70. The highest BCUT2D eigenvalue weighted by Gasteiger charge is 2.27. The molecule has 0 bridgehead atoms. The first-order valence-corrected chi connectivity index (χ1v) is 11.5. The molecule has 3 aromatic rings. The van der Waals surface area contributed by atoms with Crippen LogP contribution in [-0.4, -0.2) is 31.8 Å².